The lowest BCUT2D eigenvalue weighted by atomic mass is 10.2. The molecule has 4 rings (SSSR count). The monoisotopic (exact) mass is 670 g/mol. The van der Waals surface area contributed by atoms with Crippen molar-refractivity contribution in [3.8, 4) is 0 Å². The second-order valence-corrected chi connectivity index (χ2v) is 17.4. The summed E-state index contributed by atoms with van der Waals surface area (Å²) in [7, 11) is 0.554. The number of ether oxygens (including phenoxy) is 2. The first kappa shape index (κ1) is 34.9. The molecule has 0 aliphatic carbocycles. The molecule has 46 heavy (non-hydrogen) atoms. The fraction of sp³-hybridized carbons (Fsp3) is 0.500. The quantitative estimate of drug-likeness (QED) is 0.221. The van der Waals surface area contributed by atoms with Crippen LogP contribution >= 0.6 is 10.0 Å². The maximum Gasteiger partial charge on any atom is 0.418 e. The van der Waals surface area contributed by atoms with Gasteiger partial charge in [0.25, 0.3) is 5.91 Å². The number of hydrogen-bond donors (Lipinski definition) is 0. The van der Waals surface area contributed by atoms with Crippen LogP contribution in [-0.4, -0.2) is 93.8 Å². The Morgan fingerprint density at radius 2 is 1.78 bits per heavy atom. The lowest BCUT2D eigenvalue weighted by Gasteiger charge is -2.26. The number of likely N-dealkylation sites (N-methyl/N-ethyl adjacent to an activating group) is 1. The van der Waals surface area contributed by atoms with Crippen molar-refractivity contribution >= 4 is 50.7 Å². The number of aryl methyl sites for hydroxylation is 1. The first-order chi connectivity index (χ1) is 21.2. The van der Waals surface area contributed by atoms with Gasteiger partial charge in [0.1, 0.15) is 41.5 Å². The van der Waals surface area contributed by atoms with Crippen molar-refractivity contribution in [1.82, 2.24) is 19.4 Å². The summed E-state index contributed by atoms with van der Waals surface area (Å²) in [6.45, 7) is 5.98. The van der Waals surface area contributed by atoms with Crippen LogP contribution in [0.15, 0.2) is 30.5 Å². The molecule has 1 atom stereocenters. The molecule has 0 aromatic carbocycles. The molecule has 0 radical (unpaired) electrons. The standard InChI is InChI=1S/C30H38F4N6O5S/c1-18-13-19(30(32,33)34)14-24(35-18)40-22(16-39(27(40)42)28(43)45-29(2,3)4)26(41)37(5)23-10-9-20-21(31)15-38(25(20)36-23)17-44-11-12-46(6,7)8/h9-10,13-15,22H,11-12,16-17H2,1-8H3/t22-/m0/s1. The molecule has 1 fully saturated rings. The first-order valence-corrected chi connectivity index (χ1v) is 17.3. The zero-order valence-corrected chi connectivity index (χ0v) is 27.8. The minimum Gasteiger partial charge on any atom is -0.443 e. The molecule has 1 aliphatic rings. The van der Waals surface area contributed by atoms with E-state index in [0.29, 0.717) is 17.6 Å². The van der Waals surface area contributed by atoms with Gasteiger partial charge in [0.05, 0.1) is 24.1 Å². The molecule has 1 aliphatic heterocycles. The molecule has 16 heteroatoms. The molecule has 4 heterocycles. The molecule has 0 saturated carbocycles. The van der Waals surface area contributed by atoms with Gasteiger partial charge in [0.15, 0.2) is 0 Å². The topological polar surface area (TPSA) is 110 Å². The number of urea groups is 1. The fourth-order valence-corrected chi connectivity index (χ4v) is 5.27. The van der Waals surface area contributed by atoms with Crippen molar-refractivity contribution in [3.05, 3.63) is 47.5 Å². The largest absolute Gasteiger partial charge is 0.443 e. The van der Waals surface area contributed by atoms with Crippen LogP contribution in [0.5, 0.6) is 0 Å². The summed E-state index contributed by atoms with van der Waals surface area (Å²) in [4.78, 5) is 51.6. The number of alkyl halides is 3. The molecule has 252 valence electrons. The Hall–Kier alpha value is -3.92. The summed E-state index contributed by atoms with van der Waals surface area (Å²) >= 11 is 0. The molecule has 0 N–H and O–H groups in total. The second-order valence-electron chi connectivity index (χ2n) is 12.8. The average Bonchev–Trinajstić information content (AvgIpc) is 3.44. The van der Waals surface area contributed by atoms with Gasteiger partial charge >= 0.3 is 18.3 Å². The highest BCUT2D eigenvalue weighted by atomic mass is 32.3. The summed E-state index contributed by atoms with van der Waals surface area (Å²) in [5.41, 5.74) is -1.96. The number of fused-ring (bicyclic) bond motifs is 1. The van der Waals surface area contributed by atoms with E-state index < -0.39 is 69.6 Å². The fourth-order valence-electron chi connectivity index (χ4n) is 4.65. The van der Waals surface area contributed by atoms with Gasteiger partial charge < -0.3 is 14.0 Å². The van der Waals surface area contributed by atoms with Gasteiger partial charge in [-0.1, -0.05) is 0 Å². The molecule has 0 spiro atoms. The van der Waals surface area contributed by atoms with Crippen molar-refractivity contribution in [2.24, 2.45) is 0 Å². The number of amides is 4. The molecule has 1 saturated heterocycles. The highest BCUT2D eigenvalue weighted by Gasteiger charge is 2.49. The lowest BCUT2D eigenvalue weighted by Crippen LogP contribution is -2.47. The number of anilines is 2. The maximum absolute atomic E-state index is 14.7. The van der Waals surface area contributed by atoms with Gasteiger partial charge in [-0.25, -0.2) is 38.9 Å². The average molecular weight is 671 g/mol. The van der Waals surface area contributed by atoms with E-state index in [-0.39, 0.29) is 29.3 Å². The Labute approximate surface area is 265 Å². The summed E-state index contributed by atoms with van der Waals surface area (Å²) < 4.78 is 68.4. The van der Waals surface area contributed by atoms with Crippen LogP contribution in [0, 0.1) is 12.7 Å². The Balaban J connectivity index is 1.69. The van der Waals surface area contributed by atoms with E-state index in [9.17, 15) is 31.9 Å². The minimum absolute atomic E-state index is 0.0143. The van der Waals surface area contributed by atoms with Crippen LogP contribution in [0.3, 0.4) is 0 Å². The number of aromatic nitrogens is 3. The Morgan fingerprint density at radius 1 is 1.11 bits per heavy atom. The zero-order chi connectivity index (χ0) is 34.4. The normalized spacial score (nSPS) is 16.3. The van der Waals surface area contributed by atoms with Crippen LogP contribution in [0.2, 0.25) is 0 Å². The minimum atomic E-state index is -4.77. The van der Waals surface area contributed by atoms with E-state index >= 15 is 0 Å². The molecule has 3 aromatic heterocycles. The molecule has 0 bridgehead atoms. The molecule has 4 amide bonds. The van der Waals surface area contributed by atoms with Gasteiger partial charge in [0, 0.05) is 24.7 Å². The highest BCUT2D eigenvalue weighted by molar-refractivity contribution is 8.32. The number of carbonyl (C=O) groups is 3. The smallest absolute Gasteiger partial charge is 0.418 e. The van der Waals surface area contributed by atoms with Crippen molar-refractivity contribution in [3.63, 3.8) is 0 Å². The molecular weight excluding hydrogens is 632 g/mol. The van der Waals surface area contributed by atoms with Crippen LogP contribution in [0.25, 0.3) is 11.0 Å². The predicted molar refractivity (Wildman–Crippen MR) is 168 cm³/mol. The van der Waals surface area contributed by atoms with Gasteiger partial charge in [-0.3, -0.25) is 14.6 Å². The molecular formula is C30H38F4N6O5S. The molecule has 0 unspecified atom stereocenters. The van der Waals surface area contributed by atoms with Crippen LogP contribution in [0.4, 0.5) is 38.8 Å². The molecule has 3 aromatic rings. The van der Waals surface area contributed by atoms with E-state index in [1.165, 1.54) is 36.9 Å². The Kier molecular flexibility index (Phi) is 9.65. The van der Waals surface area contributed by atoms with E-state index in [1.54, 1.807) is 20.8 Å². The van der Waals surface area contributed by atoms with Crippen LogP contribution in [0.1, 0.15) is 32.0 Å². The number of imide groups is 1. The van der Waals surface area contributed by atoms with Crippen molar-refractivity contribution in [2.45, 2.75) is 52.2 Å². The van der Waals surface area contributed by atoms with Gasteiger partial charge in [-0.05, 0) is 70.7 Å². The number of rotatable bonds is 8. The maximum atomic E-state index is 14.7. The third-order valence-electron chi connectivity index (χ3n) is 6.92. The number of carbonyl (C=O) groups excluding carboxylic acids is 3. The van der Waals surface area contributed by atoms with Crippen molar-refractivity contribution in [2.75, 3.05) is 54.5 Å². The third-order valence-corrected chi connectivity index (χ3v) is 8.31. The Bertz CT molecular complexity index is 1650. The van der Waals surface area contributed by atoms with Crippen molar-refractivity contribution < 1.29 is 41.4 Å². The van der Waals surface area contributed by atoms with E-state index in [2.05, 4.69) is 28.7 Å². The van der Waals surface area contributed by atoms with Crippen LogP contribution in [-0.2, 0) is 27.2 Å². The number of pyridine rings is 2. The second kappa shape index (κ2) is 12.7. The summed E-state index contributed by atoms with van der Waals surface area (Å²) in [5.74, 6) is -0.885. The molecule has 11 nitrogen and oxygen atoms in total. The van der Waals surface area contributed by atoms with Crippen LogP contribution < -0.4 is 9.80 Å². The predicted octanol–water partition coefficient (Wildman–Crippen LogP) is 5.77. The van der Waals surface area contributed by atoms with Gasteiger partial charge in [-0.15, -0.1) is 0 Å². The number of hydrogen-bond acceptors (Lipinski definition) is 7. The first-order valence-electron chi connectivity index (χ1n) is 14.2. The number of nitrogens with zero attached hydrogens (tertiary/aromatic N) is 6. The summed E-state index contributed by atoms with van der Waals surface area (Å²) in [5, 5.41) is 0.187. The van der Waals surface area contributed by atoms with E-state index in [0.717, 1.165) is 21.6 Å². The zero-order valence-electron chi connectivity index (χ0n) is 26.9. The SMILES string of the molecule is Cc1cc(C(F)(F)F)cc(N2C(=O)N(C(=O)OC(C)(C)C)C[C@H]2C(=O)N(C)c2ccc3c(F)cn(COCCS(C)(C)C)c3n2)n1. The Morgan fingerprint density at radius 3 is 2.39 bits per heavy atom. The van der Waals surface area contributed by atoms with Crippen molar-refractivity contribution in [1.29, 1.82) is 0 Å². The van der Waals surface area contributed by atoms with E-state index in [1.807, 2.05) is 0 Å². The lowest BCUT2D eigenvalue weighted by molar-refractivity contribution is -0.137. The summed E-state index contributed by atoms with van der Waals surface area (Å²) in [6, 6.07) is 1.71. The highest BCUT2D eigenvalue weighted by Crippen LogP contribution is 2.35. The van der Waals surface area contributed by atoms with Gasteiger partial charge in [-0.2, -0.15) is 13.2 Å². The van der Waals surface area contributed by atoms with E-state index in [4.69, 9.17) is 9.47 Å². The van der Waals surface area contributed by atoms with Gasteiger partial charge in [0.2, 0.25) is 0 Å². The number of halogens is 4. The third kappa shape index (κ3) is 7.89. The summed E-state index contributed by atoms with van der Waals surface area (Å²) in [6.07, 6.45) is 1.84.